The summed E-state index contributed by atoms with van der Waals surface area (Å²) in [6.07, 6.45) is 3.19. The largest absolute Gasteiger partial charge is 0.494 e. The third-order valence-electron chi connectivity index (χ3n) is 5.37. The summed E-state index contributed by atoms with van der Waals surface area (Å²) in [6.45, 7) is 9.01. The van der Waals surface area contributed by atoms with Crippen molar-refractivity contribution in [3.8, 4) is 11.6 Å². The molecule has 2 atom stereocenters. The average Bonchev–Trinajstić information content (AvgIpc) is 3.23. The van der Waals surface area contributed by atoms with Crippen molar-refractivity contribution in [1.82, 2.24) is 19.5 Å². The van der Waals surface area contributed by atoms with Crippen molar-refractivity contribution in [1.29, 1.82) is 0 Å². The number of thiazole rings is 1. The Morgan fingerprint density at radius 1 is 1.29 bits per heavy atom. The number of aromatic nitrogens is 3. The van der Waals surface area contributed by atoms with Crippen LogP contribution in [0.1, 0.15) is 55.9 Å². The van der Waals surface area contributed by atoms with E-state index in [0.29, 0.717) is 12.5 Å². The van der Waals surface area contributed by atoms with Crippen LogP contribution in [0.4, 0.5) is 0 Å². The number of hydrogen-bond acceptors (Lipinski definition) is 6. The van der Waals surface area contributed by atoms with Crippen LogP contribution in [0.25, 0.3) is 4.96 Å². The lowest BCUT2D eigenvalue weighted by atomic mass is 9.95. The van der Waals surface area contributed by atoms with Gasteiger partial charge in [-0.2, -0.15) is 4.52 Å². The highest BCUT2D eigenvalue weighted by Crippen LogP contribution is 2.41. The maximum atomic E-state index is 11.0. The standard InChI is InChI=1S/C21H28N4O2S/c1-4-17-22-21-25(23-17)20(26)19(28-21)18(24-12-6-7-14(3)13-24)15-8-10-16(11-9-15)27-5-2/h8-11,14,18,26H,4-7,12-13H2,1-3H3. The second-order valence-corrected chi connectivity index (χ2v) is 8.52. The molecule has 28 heavy (non-hydrogen) atoms. The molecular weight excluding hydrogens is 372 g/mol. The zero-order chi connectivity index (χ0) is 19.7. The van der Waals surface area contributed by atoms with Crippen molar-refractivity contribution in [3.63, 3.8) is 0 Å². The van der Waals surface area contributed by atoms with Crippen molar-refractivity contribution in [2.45, 2.75) is 46.1 Å². The number of nitrogens with zero attached hydrogens (tertiary/aromatic N) is 4. The lowest BCUT2D eigenvalue weighted by Crippen LogP contribution is -2.37. The van der Waals surface area contributed by atoms with Crippen molar-refractivity contribution in [2.24, 2.45) is 5.92 Å². The van der Waals surface area contributed by atoms with Crippen LogP contribution in [-0.4, -0.2) is 44.3 Å². The lowest BCUT2D eigenvalue weighted by Gasteiger charge is -2.37. The number of piperidine rings is 1. The summed E-state index contributed by atoms with van der Waals surface area (Å²) in [5.41, 5.74) is 1.16. The number of benzene rings is 1. The Hall–Kier alpha value is -2.12. The third kappa shape index (κ3) is 3.61. The van der Waals surface area contributed by atoms with Gasteiger partial charge < -0.3 is 9.84 Å². The molecule has 2 aromatic heterocycles. The highest BCUT2D eigenvalue weighted by molar-refractivity contribution is 7.17. The van der Waals surface area contributed by atoms with E-state index in [9.17, 15) is 5.11 Å². The van der Waals surface area contributed by atoms with Crippen molar-refractivity contribution in [3.05, 3.63) is 40.5 Å². The van der Waals surface area contributed by atoms with E-state index in [1.807, 2.05) is 26.0 Å². The summed E-state index contributed by atoms with van der Waals surface area (Å²) in [5, 5.41) is 15.4. The first kappa shape index (κ1) is 19.2. The van der Waals surface area contributed by atoms with E-state index in [4.69, 9.17) is 4.74 Å². The van der Waals surface area contributed by atoms with Crippen molar-refractivity contribution < 1.29 is 9.84 Å². The van der Waals surface area contributed by atoms with E-state index >= 15 is 0 Å². The van der Waals surface area contributed by atoms with Gasteiger partial charge >= 0.3 is 0 Å². The second-order valence-electron chi connectivity index (χ2n) is 7.51. The number of aromatic hydroxyl groups is 1. The predicted octanol–water partition coefficient (Wildman–Crippen LogP) is 4.28. The van der Waals surface area contributed by atoms with Crippen LogP contribution in [0.15, 0.2) is 24.3 Å². The minimum Gasteiger partial charge on any atom is -0.494 e. The van der Waals surface area contributed by atoms with E-state index in [-0.39, 0.29) is 11.9 Å². The summed E-state index contributed by atoms with van der Waals surface area (Å²) < 4.78 is 7.20. The van der Waals surface area contributed by atoms with Gasteiger partial charge in [0.05, 0.1) is 17.5 Å². The smallest absolute Gasteiger partial charge is 0.230 e. The molecule has 1 saturated heterocycles. The molecule has 1 aliphatic heterocycles. The molecule has 1 aliphatic rings. The zero-order valence-corrected chi connectivity index (χ0v) is 17.6. The molecule has 6 nitrogen and oxygen atoms in total. The molecule has 1 N–H and O–H groups in total. The van der Waals surface area contributed by atoms with Crippen LogP contribution in [0.2, 0.25) is 0 Å². The Bertz CT molecular complexity index is 934. The Balaban J connectivity index is 1.76. The minimum absolute atomic E-state index is 0.00277. The molecule has 0 spiro atoms. The van der Waals surface area contributed by atoms with Gasteiger partial charge in [-0.25, -0.2) is 4.98 Å². The molecule has 1 fully saturated rings. The summed E-state index contributed by atoms with van der Waals surface area (Å²) >= 11 is 1.54. The fourth-order valence-electron chi connectivity index (χ4n) is 4.02. The SMILES string of the molecule is CCOc1ccc(C(c2sc3nc(CC)nn3c2O)N2CCCC(C)C2)cc1. The molecule has 4 rings (SSSR count). The maximum Gasteiger partial charge on any atom is 0.230 e. The van der Waals surface area contributed by atoms with Crippen LogP contribution in [-0.2, 0) is 6.42 Å². The molecule has 3 aromatic rings. The van der Waals surface area contributed by atoms with Gasteiger partial charge in [0.15, 0.2) is 5.82 Å². The van der Waals surface area contributed by atoms with Gasteiger partial charge in [0, 0.05) is 13.0 Å². The molecule has 150 valence electrons. The van der Waals surface area contributed by atoms with E-state index in [2.05, 4.69) is 34.0 Å². The van der Waals surface area contributed by atoms with Gasteiger partial charge in [-0.1, -0.05) is 37.3 Å². The minimum atomic E-state index is -0.00277. The molecule has 0 bridgehead atoms. The van der Waals surface area contributed by atoms with E-state index in [0.717, 1.165) is 46.5 Å². The van der Waals surface area contributed by atoms with E-state index < -0.39 is 0 Å². The fourth-order valence-corrected chi connectivity index (χ4v) is 5.16. The molecule has 0 aliphatic carbocycles. The first-order valence-corrected chi connectivity index (χ1v) is 11.0. The Labute approximate surface area is 169 Å². The summed E-state index contributed by atoms with van der Waals surface area (Å²) in [5.74, 6) is 2.49. The molecule has 3 heterocycles. The zero-order valence-electron chi connectivity index (χ0n) is 16.8. The van der Waals surface area contributed by atoms with Crippen LogP contribution in [0.5, 0.6) is 11.6 Å². The van der Waals surface area contributed by atoms with Gasteiger partial charge in [-0.15, -0.1) is 5.10 Å². The highest BCUT2D eigenvalue weighted by Gasteiger charge is 2.31. The van der Waals surface area contributed by atoms with E-state index in [1.54, 1.807) is 4.52 Å². The number of aryl methyl sites for hydroxylation is 1. The van der Waals surface area contributed by atoms with Gasteiger partial charge in [0.25, 0.3) is 0 Å². The molecule has 1 aromatic carbocycles. The van der Waals surface area contributed by atoms with Crippen LogP contribution >= 0.6 is 11.3 Å². The highest BCUT2D eigenvalue weighted by atomic mass is 32.1. The summed E-state index contributed by atoms with van der Waals surface area (Å²) in [7, 11) is 0. The number of hydrogen-bond donors (Lipinski definition) is 1. The Morgan fingerprint density at radius 3 is 2.71 bits per heavy atom. The van der Waals surface area contributed by atoms with Crippen molar-refractivity contribution >= 4 is 16.3 Å². The number of rotatable bonds is 6. The summed E-state index contributed by atoms with van der Waals surface area (Å²) in [4.78, 5) is 8.71. The number of likely N-dealkylation sites (tertiary alicyclic amines) is 1. The lowest BCUT2D eigenvalue weighted by molar-refractivity contribution is 0.149. The first-order valence-electron chi connectivity index (χ1n) is 10.1. The van der Waals surface area contributed by atoms with E-state index in [1.165, 1.54) is 24.2 Å². The van der Waals surface area contributed by atoms with Gasteiger partial charge in [0.1, 0.15) is 5.75 Å². The van der Waals surface area contributed by atoms with Crippen LogP contribution in [0, 0.1) is 5.92 Å². The predicted molar refractivity (Wildman–Crippen MR) is 111 cm³/mol. The molecule has 0 radical (unpaired) electrons. The number of ether oxygens (including phenoxy) is 1. The molecular formula is C21H28N4O2S. The number of fused-ring (bicyclic) bond motifs is 1. The molecule has 2 unspecified atom stereocenters. The summed E-state index contributed by atoms with van der Waals surface area (Å²) in [6, 6.07) is 8.26. The molecule has 0 saturated carbocycles. The van der Waals surface area contributed by atoms with Gasteiger partial charge in [-0.3, -0.25) is 4.90 Å². The monoisotopic (exact) mass is 400 g/mol. The molecule has 7 heteroatoms. The quantitative estimate of drug-likeness (QED) is 0.669. The Kier molecular flexibility index (Phi) is 5.55. The van der Waals surface area contributed by atoms with Crippen LogP contribution in [0.3, 0.4) is 0 Å². The second kappa shape index (κ2) is 8.09. The maximum absolute atomic E-state index is 11.0. The van der Waals surface area contributed by atoms with Gasteiger partial charge in [0.2, 0.25) is 10.8 Å². The van der Waals surface area contributed by atoms with Crippen molar-refractivity contribution in [2.75, 3.05) is 19.7 Å². The van der Waals surface area contributed by atoms with Gasteiger partial charge in [-0.05, 0) is 49.9 Å². The first-order chi connectivity index (χ1) is 13.6. The fraction of sp³-hybridized carbons (Fsp3) is 0.524. The normalized spacial score (nSPS) is 19.2. The Morgan fingerprint density at radius 2 is 2.07 bits per heavy atom. The van der Waals surface area contributed by atoms with Crippen LogP contribution < -0.4 is 4.74 Å². The third-order valence-corrected chi connectivity index (χ3v) is 6.44. The molecule has 0 amide bonds. The topological polar surface area (TPSA) is 62.9 Å². The average molecular weight is 401 g/mol.